The number of halogens is 38. The fraction of sp³-hybridized carbons (Fsp3) is 0.500. The summed E-state index contributed by atoms with van der Waals surface area (Å²) in [6, 6.07) is -2.02. The topological polar surface area (TPSA) is 312 Å². The Kier molecular flexibility index (Phi) is 288. The van der Waals surface area contributed by atoms with Crippen molar-refractivity contribution in [1.29, 1.82) is 0 Å². The zero-order chi connectivity index (χ0) is 71.0. The van der Waals surface area contributed by atoms with Crippen molar-refractivity contribution in [1.82, 2.24) is 40.5 Å². The van der Waals surface area contributed by atoms with Gasteiger partial charge in [0.15, 0.2) is 15.9 Å². The summed E-state index contributed by atoms with van der Waals surface area (Å²) in [5.41, 5.74) is 13.4. The summed E-state index contributed by atoms with van der Waals surface area (Å²) in [5.74, 6) is -1.66. The minimum absolute atomic E-state index is 0. The van der Waals surface area contributed by atoms with Gasteiger partial charge in [-0.3, -0.25) is 203 Å². The molecule has 5 N–H and O–H groups in total. The second-order valence-corrected chi connectivity index (χ2v) is 28.8. The third kappa shape index (κ3) is 108. The van der Waals surface area contributed by atoms with Crippen molar-refractivity contribution in [3.63, 3.8) is 0 Å². The van der Waals surface area contributed by atoms with Crippen molar-refractivity contribution in [2.45, 2.75) is 171 Å². The number of carbonyl (C=O) groups excluding carboxylic acids is 7. The predicted molar refractivity (Wildman–Crippen MR) is 497 cm³/mol. The number of carbonyl (C=O) groups is 8. The van der Waals surface area contributed by atoms with Gasteiger partial charge in [0.2, 0.25) is 0 Å². The number of carboxylic acids is 1. The lowest BCUT2D eigenvalue weighted by atomic mass is 10.0. The predicted octanol–water partition coefficient (Wildman–Crippen LogP) is 22.2. The Labute approximate surface area is 784 Å². The van der Waals surface area contributed by atoms with Crippen LogP contribution in [-0.2, 0) is 38.2 Å². The zero-order valence-corrected chi connectivity index (χ0v) is 78.1. The third-order valence-corrected chi connectivity index (χ3v) is 19.1. The van der Waals surface area contributed by atoms with Crippen molar-refractivity contribution < 1.29 is 236 Å². The minimum Gasteiger partial charge on any atom is -0.476 e. The van der Waals surface area contributed by atoms with Crippen molar-refractivity contribution >= 4 is 137 Å². The normalized spacial score (nSPS) is 8.27. The molecule has 0 aliphatic carbocycles. The second-order valence-electron chi connectivity index (χ2n) is 21.8. The van der Waals surface area contributed by atoms with E-state index in [-0.39, 0.29) is 252 Å². The van der Waals surface area contributed by atoms with Crippen LogP contribution in [0.25, 0.3) is 32.1 Å². The smallest absolute Gasteiger partial charge is 0.355 e. The van der Waals surface area contributed by atoms with E-state index in [9.17, 15) is 38.4 Å². The Balaban J connectivity index is -0.0000000236. The first-order chi connectivity index (χ1) is 46.1. The average Bonchev–Trinajstić information content (AvgIpc) is 1.72. The number of nitrogens with one attached hydrogen (secondary N) is 2. The molecular weight excluding hydrogens is 2110 g/mol. The van der Waals surface area contributed by atoms with Crippen molar-refractivity contribution in [2.24, 2.45) is 23.5 Å². The summed E-state index contributed by atoms with van der Waals surface area (Å²) in [6.45, 7) is 26.5. The lowest BCUT2D eigenvalue weighted by Crippen LogP contribution is -2.45. The Hall–Kier alpha value is -9.10. The van der Waals surface area contributed by atoms with Crippen molar-refractivity contribution in [3.05, 3.63) is 116 Å². The van der Waals surface area contributed by atoms with Gasteiger partial charge in [-0.25, -0.2) is 44.3 Å². The largest absolute Gasteiger partial charge is 0.476 e. The molecule has 0 spiro atoms. The SMILES string of the molecule is C.C=CCCSC(=O)CCCCCCC.C=CCOC(=O)[C@@H](N)C(C)C.C=CCOC(=O)[C@@H](NC(=O)c1csc(-c2cscn2)n1)C(C)C.CCCCCCCC(=O)SCC/C=C/COC(=O)[C@@H](NC(=O)c1csc(-c2cscn2)n1)C(C)C.F.F.F.F.F.F.F.F.F.F.F.F.F.F.F.F.F.F.F.F.F.F.F.F.F.F.F.F.F.F.F.F.F.F.F.F.F.F.O=C(O)c1csc(-c2cscn2)n1. The van der Waals surface area contributed by atoms with E-state index in [2.05, 4.69) is 74.1 Å². The molecule has 0 radical (unpaired) electrons. The highest BCUT2D eigenvalue weighted by Gasteiger charge is 2.29. The molecule has 6 rings (SSSR count). The molecule has 0 saturated heterocycles. The van der Waals surface area contributed by atoms with E-state index in [1.807, 2.05) is 69.8 Å². The molecule has 0 bridgehead atoms. The summed E-state index contributed by atoms with van der Waals surface area (Å²) < 4.78 is 15.1. The van der Waals surface area contributed by atoms with E-state index in [4.69, 9.17) is 25.1 Å². The number of thioether (sulfide) groups is 2. The number of amides is 2. The maximum atomic E-state index is 12.6. The van der Waals surface area contributed by atoms with Crippen LogP contribution in [0.1, 0.15) is 184 Å². The summed E-state index contributed by atoms with van der Waals surface area (Å²) >= 11 is 11.2. The number of thiazole rings is 6. The summed E-state index contributed by atoms with van der Waals surface area (Å²) in [6.07, 6.45) is 23.5. The molecule has 6 aromatic rings. The Bertz CT molecular complexity index is 3350. The highest BCUT2D eigenvalue weighted by atomic mass is 32.2. The number of hydrogen-bond donors (Lipinski definition) is 4. The molecule has 135 heavy (non-hydrogen) atoms. The van der Waals surface area contributed by atoms with E-state index in [1.54, 1.807) is 33.4 Å². The van der Waals surface area contributed by atoms with E-state index < -0.39 is 47.8 Å². The first kappa shape index (κ1) is 254. The second kappa shape index (κ2) is 153. The fourth-order valence-electron chi connectivity index (χ4n) is 7.39. The number of aromatic carboxylic acids is 1. The van der Waals surface area contributed by atoms with E-state index in [0.717, 1.165) is 67.1 Å². The van der Waals surface area contributed by atoms with Crippen LogP contribution in [0.5, 0.6) is 0 Å². The molecule has 3 atom stereocenters. The molecular formula is C68H135F38N9O12S8. The summed E-state index contributed by atoms with van der Waals surface area (Å²) in [4.78, 5) is 119. The third-order valence-electron chi connectivity index (χ3n) is 12.8. The maximum Gasteiger partial charge on any atom is 0.355 e. The van der Waals surface area contributed by atoms with Gasteiger partial charge in [0.05, 0.1) is 16.5 Å². The molecule has 0 unspecified atom stereocenters. The van der Waals surface area contributed by atoms with Gasteiger partial charge in [-0.05, 0) is 43.4 Å². The summed E-state index contributed by atoms with van der Waals surface area (Å²) in [5, 5.41) is 27.0. The molecule has 0 aliphatic heterocycles. The Morgan fingerprint density at radius 3 is 0.904 bits per heavy atom. The molecule has 0 saturated carbocycles. The van der Waals surface area contributed by atoms with E-state index >= 15 is 0 Å². The van der Waals surface area contributed by atoms with Crippen LogP contribution in [0.15, 0.2) is 98.9 Å². The van der Waals surface area contributed by atoms with Crippen LogP contribution in [0.2, 0.25) is 0 Å². The molecule has 0 fully saturated rings. The van der Waals surface area contributed by atoms with Crippen LogP contribution < -0.4 is 16.4 Å². The van der Waals surface area contributed by atoms with Crippen LogP contribution in [0.4, 0.5) is 179 Å². The molecule has 838 valence electrons. The van der Waals surface area contributed by atoms with Gasteiger partial charge in [0.1, 0.15) is 81.4 Å². The van der Waals surface area contributed by atoms with Crippen LogP contribution in [0.3, 0.4) is 0 Å². The number of nitrogens with zero attached hydrogens (tertiary/aromatic N) is 6. The van der Waals surface area contributed by atoms with E-state index in [0.29, 0.717) is 26.6 Å². The monoisotopic (exact) mass is 2250 g/mol. The van der Waals surface area contributed by atoms with Crippen molar-refractivity contribution in [3.8, 4) is 32.1 Å². The van der Waals surface area contributed by atoms with Gasteiger partial charge in [-0.2, -0.15) is 0 Å². The van der Waals surface area contributed by atoms with Gasteiger partial charge < -0.3 is 35.7 Å². The first-order valence-electron chi connectivity index (χ1n) is 31.5. The molecule has 6 aromatic heterocycles. The number of carboxylic acid groups (broad SMARTS) is 1. The Morgan fingerprint density at radius 2 is 0.652 bits per heavy atom. The molecule has 0 aliphatic rings. The average molecular weight is 2250 g/mol. The molecule has 67 heteroatoms. The number of aromatic nitrogens is 6. The molecule has 2 amide bonds. The van der Waals surface area contributed by atoms with Crippen molar-refractivity contribution in [2.75, 3.05) is 31.3 Å². The van der Waals surface area contributed by atoms with Gasteiger partial charge in [0, 0.05) is 56.6 Å². The lowest BCUT2D eigenvalue weighted by molar-refractivity contribution is -0.146. The molecule has 6 heterocycles. The number of hydrogen-bond acceptors (Lipinski definition) is 26. The maximum absolute atomic E-state index is 12.6. The molecule has 0 aromatic carbocycles. The number of nitrogens with two attached hydrogens (primary N) is 1. The number of allylic oxidation sites excluding steroid dienone is 2. The van der Waals surface area contributed by atoms with Gasteiger partial charge in [-0.15, -0.1) is 74.6 Å². The fourth-order valence-corrected chi connectivity index (χ4v) is 13.1. The van der Waals surface area contributed by atoms with Gasteiger partial charge in [0.25, 0.3) is 11.8 Å². The number of rotatable bonds is 38. The molecule has 21 nitrogen and oxygen atoms in total. The van der Waals surface area contributed by atoms with Crippen LogP contribution in [-0.4, -0.2) is 130 Å². The Morgan fingerprint density at radius 1 is 0.378 bits per heavy atom. The number of unbranched alkanes of at least 4 members (excludes halogenated alkanes) is 8. The number of esters is 3. The highest BCUT2D eigenvalue weighted by molar-refractivity contribution is 8.13. The van der Waals surface area contributed by atoms with Gasteiger partial charge in [-0.1, -0.05) is 181 Å². The minimum atomic E-state index is -1.00. The van der Waals surface area contributed by atoms with Gasteiger partial charge >= 0.3 is 23.9 Å². The number of ether oxygens (including phenoxy) is 3. The highest BCUT2D eigenvalue weighted by Crippen LogP contribution is 2.26. The van der Waals surface area contributed by atoms with E-state index in [1.165, 1.54) is 154 Å². The first-order valence-corrected chi connectivity index (χ1v) is 39.0. The standard InChI is InChI=1S/C25H35N3O4S3.C15H17N3O3S2.C12H22OS.C8H15NO2.C7H4N2O2S2.CH4.38FH/c1-4-5-6-7-9-12-21(29)34-14-11-8-10-13-32-25(31)22(18(2)3)28-23(30)19-16-35-24(27-19)20-15-33-17-26-20;1-4-5-21-15(20)12(9(2)3)18-13(19)10-7-23-14(17-10)11-6-22-8-16-11;1-3-5-7-8-9-10-12(13)14-11-6-4-2;1-4-5-11-8(10)7(9)6(2)3;10-7(11)5-2-13-6(9-5)4-1-12-3-8-4;;;;;;;;;;;;;;;;;;;;;;;;;;;;;;;;;;;;;;;/h8,10,15-18,22H,4-7,9,11-14H2,1-3H3,(H,28,30);4,6-9,12H,1,5H2,2-3H3,(H,18,19);4H,2-3,5-11H2,1H3;4,6-7H,1,5,9H2,2-3H3;1-3H,(H,10,11);1H4;38*1H/b10-8+;;;;;;;;;;;;;;;;;;;;;;;;;;;;;;;;;;;;;;;;;;;/t22-;12-;;7-;;;;;;;;;;;;;;;;;;;;;;;;;;;;;;;;;;;;;;;;/m00.0......................................../s1. The van der Waals surface area contributed by atoms with Crippen LogP contribution in [0, 0.1) is 17.8 Å². The lowest BCUT2D eigenvalue weighted by Gasteiger charge is -2.20. The van der Waals surface area contributed by atoms with Crippen LogP contribution >= 0.6 is 91.5 Å². The zero-order valence-electron chi connectivity index (χ0n) is 71.6. The summed E-state index contributed by atoms with van der Waals surface area (Å²) in [7, 11) is 0. The quantitative estimate of drug-likeness (QED) is 0.00920.